The highest BCUT2D eigenvalue weighted by molar-refractivity contribution is 6.18. The van der Waals surface area contributed by atoms with Crippen molar-refractivity contribution in [3.8, 4) is 0 Å². The van der Waals surface area contributed by atoms with Crippen LogP contribution in [0, 0.1) is 5.92 Å². The molecule has 0 amide bonds. The van der Waals surface area contributed by atoms with Gasteiger partial charge in [-0.2, -0.15) is 0 Å². The fourth-order valence-electron chi connectivity index (χ4n) is 1.57. The molecule has 2 nitrogen and oxygen atoms in total. The van der Waals surface area contributed by atoms with E-state index in [0.29, 0.717) is 11.8 Å². The molecule has 0 aliphatic heterocycles. The first kappa shape index (κ1) is 14.5. The summed E-state index contributed by atoms with van der Waals surface area (Å²) in [6.45, 7) is 6.69. The largest absolute Gasteiger partial charge is 0.380 e. The molecule has 1 aromatic carbocycles. The first-order valence-corrected chi connectivity index (χ1v) is 6.69. The van der Waals surface area contributed by atoms with E-state index in [1.54, 1.807) is 0 Å². The van der Waals surface area contributed by atoms with Gasteiger partial charge in [0.15, 0.2) is 0 Å². The zero-order valence-electron chi connectivity index (χ0n) is 10.7. The zero-order chi connectivity index (χ0) is 12.5. The zero-order valence-corrected chi connectivity index (χ0v) is 11.4. The maximum atomic E-state index is 5.96. The first-order chi connectivity index (χ1) is 8.24. The van der Waals surface area contributed by atoms with Crippen LogP contribution in [0.5, 0.6) is 0 Å². The molecule has 1 N–H and O–H groups in total. The number of ether oxygens (including phenoxy) is 1. The molecule has 96 valence electrons. The summed E-state index contributed by atoms with van der Waals surface area (Å²) >= 11 is 5.96. The lowest BCUT2D eigenvalue weighted by Gasteiger charge is -2.16. The molecule has 3 heteroatoms. The minimum Gasteiger partial charge on any atom is -0.380 e. The molecule has 0 aromatic heterocycles. The number of alkyl halides is 1. The van der Waals surface area contributed by atoms with Crippen LogP contribution in [0.2, 0.25) is 0 Å². The quantitative estimate of drug-likeness (QED) is 0.569. The van der Waals surface area contributed by atoms with Crippen LogP contribution >= 0.6 is 11.6 Å². The van der Waals surface area contributed by atoms with Crippen molar-refractivity contribution in [2.75, 3.05) is 25.6 Å². The summed E-state index contributed by atoms with van der Waals surface area (Å²) in [4.78, 5) is 0. The van der Waals surface area contributed by atoms with Crippen molar-refractivity contribution >= 4 is 11.6 Å². The van der Waals surface area contributed by atoms with Gasteiger partial charge in [-0.25, -0.2) is 0 Å². The number of benzene rings is 1. The van der Waals surface area contributed by atoms with Gasteiger partial charge in [0.1, 0.15) is 0 Å². The molecule has 0 aliphatic carbocycles. The predicted octanol–water partition coefficient (Wildman–Crippen LogP) is 3.23. The summed E-state index contributed by atoms with van der Waals surface area (Å²) in [6, 6.07) is 10.5. The summed E-state index contributed by atoms with van der Waals surface area (Å²) in [5.74, 6) is 1.17. The molecule has 0 heterocycles. The van der Waals surface area contributed by atoms with E-state index < -0.39 is 0 Å². The van der Waals surface area contributed by atoms with E-state index in [9.17, 15) is 0 Å². The minimum atomic E-state index is 0.209. The normalized spacial score (nSPS) is 12.9. The van der Waals surface area contributed by atoms with E-state index in [4.69, 9.17) is 16.3 Å². The van der Waals surface area contributed by atoms with Gasteiger partial charge in [-0.1, -0.05) is 44.2 Å². The van der Waals surface area contributed by atoms with Crippen molar-refractivity contribution in [3.05, 3.63) is 35.9 Å². The van der Waals surface area contributed by atoms with Crippen molar-refractivity contribution < 1.29 is 4.74 Å². The highest BCUT2D eigenvalue weighted by Gasteiger charge is 2.08. The number of halogens is 1. The van der Waals surface area contributed by atoms with Crippen molar-refractivity contribution in [1.82, 2.24) is 5.32 Å². The summed E-state index contributed by atoms with van der Waals surface area (Å²) in [5.41, 5.74) is 1.23. The molecule has 1 rings (SSSR count). The van der Waals surface area contributed by atoms with Crippen LogP contribution < -0.4 is 5.32 Å². The SMILES string of the molecule is CC(C)COCCNC(CCl)c1ccccc1. The lowest BCUT2D eigenvalue weighted by molar-refractivity contribution is 0.110. The Bertz CT molecular complexity index is 290. The van der Waals surface area contributed by atoms with Gasteiger partial charge >= 0.3 is 0 Å². The standard InChI is InChI=1S/C14H22ClNO/c1-12(2)11-17-9-8-16-14(10-15)13-6-4-3-5-7-13/h3-7,12,14,16H,8-11H2,1-2H3. The third-order valence-electron chi connectivity index (χ3n) is 2.44. The average Bonchev–Trinajstić information content (AvgIpc) is 2.34. The fourth-order valence-corrected chi connectivity index (χ4v) is 1.86. The third kappa shape index (κ3) is 6.06. The van der Waals surface area contributed by atoms with E-state index in [1.165, 1.54) is 5.56 Å². The van der Waals surface area contributed by atoms with Crippen LogP contribution in [0.4, 0.5) is 0 Å². The topological polar surface area (TPSA) is 21.3 Å². The Morgan fingerprint density at radius 3 is 2.53 bits per heavy atom. The Morgan fingerprint density at radius 2 is 1.94 bits per heavy atom. The van der Waals surface area contributed by atoms with E-state index in [-0.39, 0.29) is 6.04 Å². The highest BCUT2D eigenvalue weighted by Crippen LogP contribution is 2.13. The van der Waals surface area contributed by atoms with Gasteiger partial charge in [0, 0.05) is 25.1 Å². The number of hydrogen-bond acceptors (Lipinski definition) is 2. The van der Waals surface area contributed by atoms with Gasteiger partial charge < -0.3 is 10.1 Å². The molecular formula is C14H22ClNO. The molecule has 1 aromatic rings. The van der Waals surface area contributed by atoms with Crippen molar-refractivity contribution in [1.29, 1.82) is 0 Å². The van der Waals surface area contributed by atoms with E-state index in [2.05, 4.69) is 31.3 Å². The number of nitrogens with one attached hydrogen (secondary N) is 1. The Kier molecular flexibility index (Phi) is 7.25. The van der Waals surface area contributed by atoms with Gasteiger partial charge in [-0.3, -0.25) is 0 Å². The molecule has 0 saturated carbocycles. The Labute approximate surface area is 109 Å². The van der Waals surface area contributed by atoms with Crippen LogP contribution in [-0.4, -0.2) is 25.6 Å². The van der Waals surface area contributed by atoms with Crippen molar-refractivity contribution in [2.24, 2.45) is 5.92 Å². The summed E-state index contributed by atoms with van der Waals surface area (Å²) < 4.78 is 5.52. The van der Waals surface area contributed by atoms with Gasteiger partial charge in [0.05, 0.1) is 6.61 Å². The van der Waals surface area contributed by atoms with Gasteiger partial charge in [-0.05, 0) is 11.5 Å². The van der Waals surface area contributed by atoms with E-state index in [0.717, 1.165) is 19.8 Å². The molecule has 0 bridgehead atoms. The Morgan fingerprint density at radius 1 is 1.24 bits per heavy atom. The predicted molar refractivity (Wildman–Crippen MR) is 73.6 cm³/mol. The Hall–Kier alpha value is -0.570. The summed E-state index contributed by atoms with van der Waals surface area (Å²) in [7, 11) is 0. The smallest absolute Gasteiger partial charge is 0.0591 e. The first-order valence-electron chi connectivity index (χ1n) is 6.16. The molecule has 1 atom stereocenters. The summed E-state index contributed by atoms with van der Waals surface area (Å²) in [5, 5.41) is 3.40. The lowest BCUT2D eigenvalue weighted by Crippen LogP contribution is -2.26. The molecule has 0 aliphatic rings. The maximum Gasteiger partial charge on any atom is 0.0591 e. The Balaban J connectivity index is 2.24. The minimum absolute atomic E-state index is 0.209. The van der Waals surface area contributed by atoms with Crippen molar-refractivity contribution in [2.45, 2.75) is 19.9 Å². The second kappa shape index (κ2) is 8.51. The summed E-state index contributed by atoms with van der Waals surface area (Å²) in [6.07, 6.45) is 0. The van der Waals surface area contributed by atoms with Crippen LogP contribution in [0.3, 0.4) is 0 Å². The molecule has 1 unspecified atom stereocenters. The average molecular weight is 256 g/mol. The second-order valence-corrected chi connectivity index (χ2v) is 4.85. The van der Waals surface area contributed by atoms with Gasteiger partial charge in [0.2, 0.25) is 0 Å². The molecular weight excluding hydrogens is 234 g/mol. The number of hydrogen-bond donors (Lipinski definition) is 1. The number of rotatable bonds is 8. The van der Waals surface area contributed by atoms with E-state index in [1.807, 2.05) is 18.2 Å². The molecule has 0 spiro atoms. The van der Waals surface area contributed by atoms with Crippen LogP contribution in [0.15, 0.2) is 30.3 Å². The van der Waals surface area contributed by atoms with E-state index >= 15 is 0 Å². The third-order valence-corrected chi connectivity index (χ3v) is 2.75. The van der Waals surface area contributed by atoms with Gasteiger partial charge in [0.25, 0.3) is 0 Å². The lowest BCUT2D eigenvalue weighted by atomic mass is 10.1. The maximum absolute atomic E-state index is 5.96. The molecule has 0 fully saturated rings. The highest BCUT2D eigenvalue weighted by atomic mass is 35.5. The van der Waals surface area contributed by atoms with Crippen LogP contribution in [0.1, 0.15) is 25.5 Å². The molecule has 0 saturated heterocycles. The van der Waals surface area contributed by atoms with Crippen LogP contribution in [0.25, 0.3) is 0 Å². The monoisotopic (exact) mass is 255 g/mol. The van der Waals surface area contributed by atoms with Crippen molar-refractivity contribution in [3.63, 3.8) is 0 Å². The molecule has 17 heavy (non-hydrogen) atoms. The fraction of sp³-hybridized carbons (Fsp3) is 0.571. The second-order valence-electron chi connectivity index (χ2n) is 4.54. The van der Waals surface area contributed by atoms with Gasteiger partial charge in [-0.15, -0.1) is 11.6 Å². The molecule has 0 radical (unpaired) electrons. The van der Waals surface area contributed by atoms with Crippen LogP contribution in [-0.2, 0) is 4.74 Å².